The quantitative estimate of drug-likeness (QED) is 0.255. The summed E-state index contributed by atoms with van der Waals surface area (Å²) in [5.41, 5.74) is 6.33. The fourth-order valence-corrected chi connectivity index (χ4v) is 2.57. The molecule has 0 aliphatic rings. The highest BCUT2D eigenvalue weighted by atomic mass is 16.6. The molecular weight excluding hydrogens is 358 g/mol. The monoisotopic (exact) mass is 375 g/mol. The van der Waals surface area contributed by atoms with E-state index in [0.717, 1.165) is 18.2 Å². The second kappa shape index (κ2) is 7.68. The molecule has 0 aliphatic heterocycles. The number of nitrogens with two attached hydrogens (primary N) is 1. The summed E-state index contributed by atoms with van der Waals surface area (Å²) in [5, 5.41) is 10.7. The summed E-state index contributed by atoms with van der Waals surface area (Å²) in [5.74, 6) is -2.04. The number of nitrogen functional groups attached to an aromatic ring is 1. The van der Waals surface area contributed by atoms with Gasteiger partial charge in [-0.15, -0.1) is 0 Å². The first-order valence-electron chi connectivity index (χ1n) is 7.69. The van der Waals surface area contributed by atoms with Crippen molar-refractivity contribution in [2.45, 2.75) is 13.8 Å². The maximum Gasteiger partial charge on any atom is 0.340 e. The van der Waals surface area contributed by atoms with Gasteiger partial charge in [-0.05, 0) is 25.5 Å². The number of esters is 2. The van der Waals surface area contributed by atoms with Crippen molar-refractivity contribution in [3.05, 3.63) is 56.4 Å². The van der Waals surface area contributed by atoms with Crippen LogP contribution in [-0.2, 0) is 9.47 Å². The Kier molecular flexibility index (Phi) is 5.59. The minimum Gasteiger partial charge on any atom is -0.465 e. The van der Waals surface area contributed by atoms with E-state index in [4.69, 9.17) is 10.5 Å². The number of ketones is 1. The number of aromatic amines is 1. The second-order valence-corrected chi connectivity index (χ2v) is 5.64. The van der Waals surface area contributed by atoms with Gasteiger partial charge in [-0.1, -0.05) is 0 Å². The minimum atomic E-state index is -0.898. The number of nitrogens with zero attached hydrogens (tertiary/aromatic N) is 1. The van der Waals surface area contributed by atoms with E-state index in [9.17, 15) is 24.5 Å². The molecule has 10 nitrogen and oxygen atoms in total. The van der Waals surface area contributed by atoms with Crippen molar-refractivity contribution >= 4 is 29.1 Å². The molecule has 0 amide bonds. The molecule has 0 radical (unpaired) electrons. The number of carbonyl (C=O) groups excluding carboxylic acids is 3. The predicted octanol–water partition coefficient (Wildman–Crippen LogP) is 1.95. The lowest BCUT2D eigenvalue weighted by Gasteiger charge is -2.06. The highest BCUT2D eigenvalue weighted by Crippen LogP contribution is 2.22. The zero-order chi connectivity index (χ0) is 20.3. The number of non-ortho nitro benzene ring substituents is 1. The van der Waals surface area contributed by atoms with Crippen LogP contribution in [0.25, 0.3) is 0 Å². The first-order chi connectivity index (χ1) is 12.7. The number of ether oxygens (including phenoxy) is 2. The lowest BCUT2D eigenvalue weighted by Crippen LogP contribution is -2.16. The molecule has 142 valence electrons. The number of carbonyl (C=O) groups is 3. The maximum absolute atomic E-state index is 12.3. The molecule has 1 heterocycles. The SMILES string of the molecule is COC(=O)c1c(C)[nH]c(C(=O)COC(=O)c2ccc([N+](=O)[O-])cc2N)c1C. The van der Waals surface area contributed by atoms with Crippen LogP contribution in [0.5, 0.6) is 0 Å². The zero-order valence-corrected chi connectivity index (χ0v) is 14.8. The Labute approximate surface area is 153 Å². The van der Waals surface area contributed by atoms with Crippen LogP contribution in [0.2, 0.25) is 0 Å². The number of H-pyrrole nitrogens is 1. The Bertz CT molecular complexity index is 946. The summed E-state index contributed by atoms with van der Waals surface area (Å²) in [7, 11) is 1.23. The van der Waals surface area contributed by atoms with Crippen molar-refractivity contribution in [3.63, 3.8) is 0 Å². The molecule has 2 rings (SSSR count). The molecule has 0 saturated heterocycles. The van der Waals surface area contributed by atoms with Crippen LogP contribution in [-0.4, -0.2) is 41.3 Å². The van der Waals surface area contributed by atoms with Gasteiger partial charge in [0.2, 0.25) is 5.78 Å². The average molecular weight is 375 g/mol. The van der Waals surface area contributed by atoms with E-state index in [2.05, 4.69) is 9.72 Å². The maximum atomic E-state index is 12.3. The number of benzene rings is 1. The van der Waals surface area contributed by atoms with Crippen LogP contribution in [0.3, 0.4) is 0 Å². The lowest BCUT2D eigenvalue weighted by molar-refractivity contribution is -0.384. The number of rotatable bonds is 6. The molecule has 27 heavy (non-hydrogen) atoms. The van der Waals surface area contributed by atoms with Gasteiger partial charge in [-0.2, -0.15) is 0 Å². The number of aryl methyl sites for hydroxylation is 1. The smallest absolute Gasteiger partial charge is 0.340 e. The Morgan fingerprint density at radius 2 is 1.89 bits per heavy atom. The number of nitrogens with one attached hydrogen (secondary N) is 1. The van der Waals surface area contributed by atoms with Crippen LogP contribution in [0, 0.1) is 24.0 Å². The second-order valence-electron chi connectivity index (χ2n) is 5.64. The first kappa shape index (κ1) is 19.6. The number of Topliss-reactive ketones (excluding diaryl/α,β-unsaturated/α-hetero) is 1. The molecular formula is C17H17N3O7. The molecule has 3 N–H and O–H groups in total. The summed E-state index contributed by atoms with van der Waals surface area (Å²) in [6.45, 7) is 2.58. The molecule has 0 unspecified atom stereocenters. The minimum absolute atomic E-state index is 0.0944. The number of nitro benzene ring substituents is 1. The van der Waals surface area contributed by atoms with Crippen LogP contribution in [0.15, 0.2) is 18.2 Å². The highest BCUT2D eigenvalue weighted by molar-refractivity contribution is 6.03. The summed E-state index contributed by atoms with van der Waals surface area (Å²) in [4.78, 5) is 49.0. The van der Waals surface area contributed by atoms with Gasteiger partial charge in [0.25, 0.3) is 5.69 Å². The molecule has 0 aliphatic carbocycles. The molecule has 0 bridgehead atoms. The molecule has 2 aromatic rings. The number of nitro groups is 1. The predicted molar refractivity (Wildman–Crippen MR) is 93.7 cm³/mol. The molecule has 1 aromatic heterocycles. The first-order valence-corrected chi connectivity index (χ1v) is 7.69. The summed E-state index contributed by atoms with van der Waals surface area (Å²) >= 11 is 0. The van der Waals surface area contributed by atoms with Crippen molar-refractivity contribution in [2.75, 3.05) is 19.5 Å². The largest absolute Gasteiger partial charge is 0.465 e. The van der Waals surface area contributed by atoms with Gasteiger partial charge in [-0.25, -0.2) is 9.59 Å². The fraction of sp³-hybridized carbons (Fsp3) is 0.235. The van der Waals surface area contributed by atoms with Crippen molar-refractivity contribution in [1.29, 1.82) is 0 Å². The van der Waals surface area contributed by atoms with E-state index in [1.54, 1.807) is 13.8 Å². The molecule has 0 saturated carbocycles. The van der Waals surface area contributed by atoms with E-state index in [-0.39, 0.29) is 28.2 Å². The van der Waals surface area contributed by atoms with Crippen LogP contribution < -0.4 is 5.73 Å². The van der Waals surface area contributed by atoms with Crippen molar-refractivity contribution < 1.29 is 28.8 Å². The number of aromatic nitrogens is 1. The van der Waals surface area contributed by atoms with Gasteiger partial charge >= 0.3 is 11.9 Å². The van der Waals surface area contributed by atoms with Crippen molar-refractivity contribution in [3.8, 4) is 0 Å². The van der Waals surface area contributed by atoms with Crippen molar-refractivity contribution in [2.24, 2.45) is 0 Å². The highest BCUT2D eigenvalue weighted by Gasteiger charge is 2.24. The topological polar surface area (TPSA) is 155 Å². The van der Waals surface area contributed by atoms with Crippen LogP contribution in [0.1, 0.15) is 42.5 Å². The van der Waals surface area contributed by atoms with E-state index in [1.807, 2.05) is 0 Å². The van der Waals surface area contributed by atoms with Gasteiger partial charge in [0.05, 0.1) is 34.5 Å². The Balaban J connectivity index is 2.13. The standard InChI is InChI=1S/C17H17N3O7/c1-8-14(17(23)26-3)9(2)19-15(8)13(21)7-27-16(22)11-5-4-10(20(24)25)6-12(11)18/h4-6,19H,7,18H2,1-3H3. The zero-order valence-electron chi connectivity index (χ0n) is 14.8. The third-order valence-electron chi connectivity index (χ3n) is 3.91. The van der Waals surface area contributed by atoms with Crippen molar-refractivity contribution in [1.82, 2.24) is 4.98 Å². The summed E-state index contributed by atoms with van der Waals surface area (Å²) in [6.07, 6.45) is 0. The molecule has 0 atom stereocenters. The summed E-state index contributed by atoms with van der Waals surface area (Å²) in [6, 6.07) is 3.29. The van der Waals surface area contributed by atoms with E-state index in [1.165, 1.54) is 7.11 Å². The van der Waals surface area contributed by atoms with E-state index in [0.29, 0.717) is 11.3 Å². The van der Waals surface area contributed by atoms with Gasteiger partial charge < -0.3 is 20.2 Å². The lowest BCUT2D eigenvalue weighted by atomic mass is 10.1. The Morgan fingerprint density at radius 1 is 1.22 bits per heavy atom. The van der Waals surface area contributed by atoms with Gasteiger partial charge in [0, 0.05) is 17.8 Å². The molecule has 0 spiro atoms. The Hall–Kier alpha value is -3.69. The molecule has 10 heteroatoms. The van der Waals surface area contributed by atoms with E-state index >= 15 is 0 Å². The van der Waals surface area contributed by atoms with Crippen LogP contribution >= 0.6 is 0 Å². The fourth-order valence-electron chi connectivity index (χ4n) is 2.57. The third-order valence-corrected chi connectivity index (χ3v) is 3.91. The number of methoxy groups -OCH3 is 1. The average Bonchev–Trinajstić information content (AvgIpc) is 2.93. The van der Waals surface area contributed by atoms with Gasteiger partial charge in [-0.3, -0.25) is 14.9 Å². The Morgan fingerprint density at radius 3 is 2.44 bits per heavy atom. The number of hydrogen-bond donors (Lipinski definition) is 2. The van der Waals surface area contributed by atoms with Crippen LogP contribution in [0.4, 0.5) is 11.4 Å². The summed E-state index contributed by atoms with van der Waals surface area (Å²) < 4.78 is 9.61. The number of hydrogen-bond acceptors (Lipinski definition) is 8. The number of anilines is 1. The normalized spacial score (nSPS) is 10.3. The molecule has 0 fully saturated rings. The molecule has 1 aromatic carbocycles. The van der Waals surface area contributed by atoms with Gasteiger partial charge in [0.1, 0.15) is 0 Å². The third kappa shape index (κ3) is 3.94. The van der Waals surface area contributed by atoms with E-state index < -0.39 is 29.3 Å². The van der Waals surface area contributed by atoms with Gasteiger partial charge in [0.15, 0.2) is 6.61 Å².